The highest BCUT2D eigenvalue weighted by molar-refractivity contribution is 7.89. The van der Waals surface area contributed by atoms with E-state index >= 15 is 0 Å². The molecule has 3 rings (SSSR count). The molecular formula is C23H27Cl2N3O5S. The predicted molar refractivity (Wildman–Crippen MR) is 132 cm³/mol. The van der Waals surface area contributed by atoms with Crippen molar-refractivity contribution in [2.45, 2.75) is 25.9 Å². The van der Waals surface area contributed by atoms with Gasteiger partial charge in [0.1, 0.15) is 5.75 Å². The predicted octanol–water partition coefficient (Wildman–Crippen LogP) is 2.72. The van der Waals surface area contributed by atoms with E-state index in [1.807, 2.05) is 35.9 Å². The minimum atomic E-state index is -3.68. The maximum absolute atomic E-state index is 12.9. The van der Waals surface area contributed by atoms with Crippen LogP contribution < -0.4 is 9.46 Å². The maximum atomic E-state index is 12.9. The monoisotopic (exact) mass is 527 g/mol. The van der Waals surface area contributed by atoms with Crippen LogP contribution in [0.1, 0.15) is 18.1 Å². The molecule has 0 aromatic heterocycles. The first kappa shape index (κ1) is 26.3. The van der Waals surface area contributed by atoms with Gasteiger partial charge in [-0.3, -0.25) is 19.2 Å². The molecule has 184 valence electrons. The van der Waals surface area contributed by atoms with Crippen molar-refractivity contribution in [3.63, 3.8) is 0 Å². The number of nitrogens with one attached hydrogen (secondary N) is 1. The van der Waals surface area contributed by atoms with E-state index in [2.05, 4.69) is 4.90 Å². The van der Waals surface area contributed by atoms with E-state index in [1.165, 1.54) is 6.07 Å². The van der Waals surface area contributed by atoms with Gasteiger partial charge >= 0.3 is 0 Å². The molecule has 0 spiro atoms. The number of rotatable bonds is 8. The first-order valence-corrected chi connectivity index (χ1v) is 13.3. The molecule has 2 aromatic carbocycles. The number of carbonyl (C=O) groups is 2. The van der Waals surface area contributed by atoms with E-state index in [4.69, 9.17) is 27.9 Å². The molecule has 1 atom stereocenters. The molecule has 11 heteroatoms. The minimum Gasteiger partial charge on any atom is -0.483 e. The third kappa shape index (κ3) is 7.87. The van der Waals surface area contributed by atoms with E-state index in [0.717, 1.165) is 31.5 Å². The van der Waals surface area contributed by atoms with Gasteiger partial charge in [0.25, 0.3) is 5.91 Å². The summed E-state index contributed by atoms with van der Waals surface area (Å²) in [6.07, 6.45) is 0.645. The largest absolute Gasteiger partial charge is 0.483 e. The minimum absolute atomic E-state index is 0.00220. The molecule has 1 saturated heterocycles. The van der Waals surface area contributed by atoms with Gasteiger partial charge in [0.05, 0.1) is 12.7 Å². The first-order valence-electron chi connectivity index (χ1n) is 10.7. The van der Waals surface area contributed by atoms with Crippen molar-refractivity contribution in [2.24, 2.45) is 0 Å². The number of halogens is 2. The van der Waals surface area contributed by atoms with Gasteiger partial charge in [-0.1, -0.05) is 35.3 Å². The zero-order chi connectivity index (χ0) is 24.9. The lowest BCUT2D eigenvalue weighted by atomic mass is 10.1. The Balaban J connectivity index is 1.56. The Morgan fingerprint density at radius 3 is 2.41 bits per heavy atom. The van der Waals surface area contributed by atoms with Crippen LogP contribution in [-0.4, -0.2) is 68.6 Å². The summed E-state index contributed by atoms with van der Waals surface area (Å²) >= 11 is 12.0. The molecule has 2 amide bonds. The number of hydrogen-bond acceptors (Lipinski definition) is 6. The van der Waals surface area contributed by atoms with E-state index < -0.39 is 15.9 Å². The molecule has 1 heterocycles. The third-order valence-corrected chi connectivity index (χ3v) is 6.46. The van der Waals surface area contributed by atoms with E-state index in [0.29, 0.717) is 27.9 Å². The summed E-state index contributed by atoms with van der Waals surface area (Å²) in [6, 6.07) is 12.4. The number of hydrogen-bond donors (Lipinski definition) is 1. The normalized spacial score (nSPS) is 16.8. The van der Waals surface area contributed by atoms with Crippen molar-refractivity contribution in [1.29, 1.82) is 0 Å². The van der Waals surface area contributed by atoms with Gasteiger partial charge < -0.3 is 9.64 Å². The molecule has 1 unspecified atom stereocenters. The smallest absolute Gasteiger partial charge is 0.260 e. The number of nitrogens with zero attached hydrogens (tertiary/aromatic N) is 2. The number of piperazine rings is 1. The van der Waals surface area contributed by atoms with Gasteiger partial charge in [-0.15, -0.1) is 0 Å². The lowest BCUT2D eigenvalue weighted by molar-refractivity contribution is -0.138. The second-order valence-electron chi connectivity index (χ2n) is 8.31. The SMILES string of the molecule is CC1CN(Cc2ccc(Cl)cc2)CCN1C(=O)COc1ccc(Cl)cc1CC(=O)NS(C)(=O)=O. The van der Waals surface area contributed by atoms with Crippen LogP contribution in [0.5, 0.6) is 5.75 Å². The van der Waals surface area contributed by atoms with Crippen LogP contribution in [0.25, 0.3) is 0 Å². The van der Waals surface area contributed by atoms with Gasteiger partial charge in [0, 0.05) is 47.8 Å². The second kappa shape index (κ2) is 11.4. The van der Waals surface area contributed by atoms with Gasteiger partial charge in [0.2, 0.25) is 15.9 Å². The van der Waals surface area contributed by atoms with E-state index in [9.17, 15) is 18.0 Å². The molecule has 34 heavy (non-hydrogen) atoms. The molecule has 8 nitrogen and oxygen atoms in total. The van der Waals surface area contributed by atoms with E-state index in [-0.39, 0.29) is 25.0 Å². The Morgan fingerprint density at radius 1 is 1.09 bits per heavy atom. The molecule has 1 aliphatic heterocycles. The Labute approximate surface area is 209 Å². The first-order chi connectivity index (χ1) is 16.0. The maximum Gasteiger partial charge on any atom is 0.260 e. The average molecular weight is 528 g/mol. The fourth-order valence-corrected chi connectivity index (χ4v) is 4.67. The van der Waals surface area contributed by atoms with Crippen LogP contribution in [0.2, 0.25) is 10.0 Å². The second-order valence-corrected chi connectivity index (χ2v) is 10.9. The number of ether oxygens (including phenoxy) is 1. The summed E-state index contributed by atoms with van der Waals surface area (Å²) in [5, 5.41) is 1.07. The molecular weight excluding hydrogens is 501 g/mol. The van der Waals surface area contributed by atoms with Crippen molar-refractivity contribution < 1.29 is 22.7 Å². The van der Waals surface area contributed by atoms with Gasteiger partial charge in [-0.2, -0.15) is 0 Å². The Hall–Kier alpha value is -2.33. The van der Waals surface area contributed by atoms with E-state index in [1.54, 1.807) is 17.0 Å². The Bertz CT molecular complexity index is 1140. The molecule has 0 radical (unpaired) electrons. The molecule has 1 N–H and O–H groups in total. The van der Waals surface area contributed by atoms with Crippen molar-refractivity contribution in [1.82, 2.24) is 14.5 Å². The average Bonchev–Trinajstić information content (AvgIpc) is 2.73. The van der Waals surface area contributed by atoms with Gasteiger partial charge in [-0.25, -0.2) is 8.42 Å². The molecule has 0 saturated carbocycles. The molecule has 1 fully saturated rings. The van der Waals surface area contributed by atoms with Gasteiger partial charge in [0.15, 0.2) is 6.61 Å². The summed E-state index contributed by atoms with van der Waals surface area (Å²) < 4.78 is 30.2. The standard InChI is InChI=1S/C23H27Cl2N3O5S/c1-16-13-27(14-17-3-5-19(24)6-4-17)9-10-28(16)23(30)15-33-21-8-7-20(25)11-18(21)12-22(29)26-34(2,31)32/h3-8,11,16H,9-10,12-15H2,1-2H3,(H,26,29). The summed E-state index contributed by atoms with van der Waals surface area (Å²) in [7, 11) is -3.68. The topological polar surface area (TPSA) is 96.0 Å². The summed E-state index contributed by atoms with van der Waals surface area (Å²) in [5.74, 6) is -0.582. The van der Waals surface area contributed by atoms with Crippen molar-refractivity contribution in [2.75, 3.05) is 32.5 Å². The zero-order valence-corrected chi connectivity index (χ0v) is 21.3. The van der Waals surface area contributed by atoms with Crippen molar-refractivity contribution >= 4 is 45.0 Å². The molecule has 1 aliphatic rings. The number of carbonyl (C=O) groups excluding carboxylic acids is 2. The highest BCUT2D eigenvalue weighted by Crippen LogP contribution is 2.24. The summed E-state index contributed by atoms with van der Waals surface area (Å²) in [5.41, 5.74) is 1.55. The number of amides is 2. The van der Waals surface area contributed by atoms with Crippen LogP contribution in [0.15, 0.2) is 42.5 Å². The Morgan fingerprint density at radius 2 is 1.76 bits per heavy atom. The summed E-state index contributed by atoms with van der Waals surface area (Å²) in [6.45, 7) is 4.60. The fourth-order valence-electron chi connectivity index (χ4n) is 3.86. The highest BCUT2D eigenvalue weighted by atomic mass is 35.5. The van der Waals surface area contributed by atoms with Crippen LogP contribution in [0.3, 0.4) is 0 Å². The number of benzene rings is 2. The molecule has 2 aromatic rings. The lowest BCUT2D eigenvalue weighted by Crippen LogP contribution is -2.54. The third-order valence-electron chi connectivity index (χ3n) is 5.38. The number of sulfonamides is 1. The van der Waals surface area contributed by atoms with Crippen LogP contribution in [-0.2, 0) is 32.6 Å². The Kier molecular flexibility index (Phi) is 8.81. The van der Waals surface area contributed by atoms with Crippen molar-refractivity contribution in [3.8, 4) is 5.75 Å². The fraction of sp³-hybridized carbons (Fsp3) is 0.391. The van der Waals surface area contributed by atoms with Gasteiger partial charge in [-0.05, 0) is 42.8 Å². The van der Waals surface area contributed by atoms with Crippen molar-refractivity contribution in [3.05, 3.63) is 63.6 Å². The quantitative estimate of drug-likeness (QED) is 0.566. The lowest BCUT2D eigenvalue weighted by Gasteiger charge is -2.40. The molecule has 0 bridgehead atoms. The summed E-state index contributed by atoms with van der Waals surface area (Å²) in [4.78, 5) is 28.9. The molecule has 0 aliphatic carbocycles. The highest BCUT2D eigenvalue weighted by Gasteiger charge is 2.28. The van der Waals surface area contributed by atoms with Crippen LogP contribution in [0, 0.1) is 0 Å². The zero-order valence-electron chi connectivity index (χ0n) is 19.0. The van der Waals surface area contributed by atoms with Crippen LogP contribution >= 0.6 is 23.2 Å². The van der Waals surface area contributed by atoms with Crippen LogP contribution in [0.4, 0.5) is 0 Å².